The average Bonchev–Trinajstić information content (AvgIpc) is 2.56. The van der Waals surface area contributed by atoms with E-state index in [1.807, 2.05) is 30.1 Å². The van der Waals surface area contributed by atoms with Gasteiger partial charge in [0, 0.05) is 19.3 Å². The number of benzene rings is 2. The quantitative estimate of drug-likeness (QED) is 0.737. The Morgan fingerprint density at radius 2 is 1.68 bits per heavy atom. The van der Waals surface area contributed by atoms with Crippen molar-refractivity contribution in [2.75, 3.05) is 23.0 Å². The Hall–Kier alpha value is -3.08. The van der Waals surface area contributed by atoms with Gasteiger partial charge in [0.1, 0.15) is 12.0 Å². The van der Waals surface area contributed by atoms with Crippen molar-refractivity contribution in [1.29, 1.82) is 0 Å². The number of aromatic nitrogens is 2. The van der Waals surface area contributed by atoms with Crippen LogP contribution < -0.4 is 16.0 Å². The highest BCUT2D eigenvalue weighted by molar-refractivity contribution is 5.78. The van der Waals surface area contributed by atoms with Gasteiger partial charge in [0.05, 0.1) is 0 Å². The zero-order valence-electron chi connectivity index (χ0n) is 14.8. The maximum atomic E-state index is 6.33. The van der Waals surface area contributed by atoms with Crippen LogP contribution in [0.3, 0.4) is 0 Å². The molecule has 0 aliphatic heterocycles. The molecule has 0 saturated carbocycles. The Morgan fingerprint density at radius 1 is 1.00 bits per heavy atom. The number of anilines is 4. The first kappa shape index (κ1) is 16.8. The summed E-state index contributed by atoms with van der Waals surface area (Å²) in [7, 11) is 1.98. The lowest BCUT2D eigenvalue weighted by molar-refractivity contribution is 0.894. The largest absolute Gasteiger partial charge is 0.393 e. The first-order valence-corrected chi connectivity index (χ1v) is 8.24. The highest BCUT2D eigenvalue weighted by Gasteiger charge is 2.13. The number of rotatable bonds is 5. The molecule has 3 rings (SSSR count). The monoisotopic (exact) mass is 333 g/mol. The lowest BCUT2D eigenvalue weighted by Crippen LogP contribution is -2.20. The van der Waals surface area contributed by atoms with Gasteiger partial charge in [-0.1, -0.05) is 36.4 Å². The van der Waals surface area contributed by atoms with E-state index in [2.05, 4.69) is 59.5 Å². The molecule has 3 N–H and O–H groups in total. The van der Waals surface area contributed by atoms with Crippen LogP contribution in [0.4, 0.5) is 23.0 Å². The van der Waals surface area contributed by atoms with Crippen molar-refractivity contribution >= 4 is 23.0 Å². The predicted molar refractivity (Wildman–Crippen MR) is 104 cm³/mol. The second kappa shape index (κ2) is 7.21. The van der Waals surface area contributed by atoms with Crippen LogP contribution in [0.1, 0.15) is 16.7 Å². The van der Waals surface area contributed by atoms with Gasteiger partial charge >= 0.3 is 0 Å². The van der Waals surface area contributed by atoms with E-state index in [1.54, 1.807) is 0 Å². The second-order valence-electron chi connectivity index (χ2n) is 6.30. The molecule has 0 fully saturated rings. The lowest BCUT2D eigenvalue weighted by atomic mass is 10.1. The van der Waals surface area contributed by atoms with Crippen molar-refractivity contribution in [2.45, 2.75) is 20.4 Å². The summed E-state index contributed by atoms with van der Waals surface area (Å²) in [6.45, 7) is 4.87. The summed E-state index contributed by atoms with van der Waals surface area (Å²) in [5.74, 6) is 1.33. The number of nitrogens with one attached hydrogen (secondary N) is 1. The topological polar surface area (TPSA) is 67.1 Å². The van der Waals surface area contributed by atoms with Crippen LogP contribution in [0.5, 0.6) is 0 Å². The number of nitrogens with zero attached hydrogens (tertiary/aromatic N) is 3. The van der Waals surface area contributed by atoms with Gasteiger partial charge in [-0.15, -0.1) is 0 Å². The number of nitrogens with two attached hydrogens (primary N) is 1. The van der Waals surface area contributed by atoms with Gasteiger partial charge in [-0.05, 0) is 42.7 Å². The molecule has 0 amide bonds. The van der Waals surface area contributed by atoms with Crippen LogP contribution in [-0.4, -0.2) is 17.0 Å². The lowest BCUT2D eigenvalue weighted by Gasteiger charge is -2.21. The molecule has 0 aliphatic rings. The van der Waals surface area contributed by atoms with E-state index >= 15 is 0 Å². The molecule has 0 bridgehead atoms. The summed E-state index contributed by atoms with van der Waals surface area (Å²) >= 11 is 0. The minimum atomic E-state index is 0.542. The smallest absolute Gasteiger partial charge is 0.159 e. The fourth-order valence-corrected chi connectivity index (χ4v) is 2.91. The molecule has 0 radical (unpaired) electrons. The van der Waals surface area contributed by atoms with Gasteiger partial charge in [-0.25, -0.2) is 9.97 Å². The molecular formula is C20H23N5. The molecule has 2 aromatic carbocycles. The molecular weight excluding hydrogens is 310 g/mol. The number of hydrogen-bond donors (Lipinski definition) is 2. The van der Waals surface area contributed by atoms with Gasteiger partial charge in [-0.3, -0.25) is 0 Å². The second-order valence-corrected chi connectivity index (χ2v) is 6.30. The van der Waals surface area contributed by atoms with E-state index in [-0.39, 0.29) is 0 Å². The third-order valence-electron chi connectivity index (χ3n) is 3.97. The summed E-state index contributed by atoms with van der Waals surface area (Å²) in [4.78, 5) is 10.7. The summed E-state index contributed by atoms with van der Waals surface area (Å²) in [5, 5.41) is 3.31. The van der Waals surface area contributed by atoms with Crippen molar-refractivity contribution in [3.63, 3.8) is 0 Å². The summed E-state index contributed by atoms with van der Waals surface area (Å²) in [6.07, 6.45) is 1.54. The Kier molecular flexibility index (Phi) is 4.84. The van der Waals surface area contributed by atoms with E-state index < -0.39 is 0 Å². The molecule has 0 atom stereocenters. The van der Waals surface area contributed by atoms with Gasteiger partial charge < -0.3 is 16.0 Å². The molecule has 5 nitrogen and oxygen atoms in total. The predicted octanol–water partition coefficient (Wildman–Crippen LogP) is 4.06. The molecule has 25 heavy (non-hydrogen) atoms. The molecule has 1 heterocycles. The maximum Gasteiger partial charge on any atom is 0.159 e. The zero-order chi connectivity index (χ0) is 17.8. The summed E-state index contributed by atoms with van der Waals surface area (Å²) in [5.41, 5.74) is 11.4. The summed E-state index contributed by atoms with van der Waals surface area (Å²) < 4.78 is 0. The van der Waals surface area contributed by atoms with Crippen molar-refractivity contribution in [1.82, 2.24) is 9.97 Å². The van der Waals surface area contributed by atoms with E-state index in [4.69, 9.17) is 5.73 Å². The van der Waals surface area contributed by atoms with E-state index in [1.165, 1.54) is 23.0 Å². The first-order chi connectivity index (χ1) is 12.0. The summed E-state index contributed by atoms with van der Waals surface area (Å²) in [6, 6.07) is 16.5. The SMILES string of the molecule is Cc1cc(C)cc(Nc2ncnc(N(C)Cc3ccccc3)c2N)c1. The van der Waals surface area contributed by atoms with Crippen LogP contribution >= 0.6 is 0 Å². The van der Waals surface area contributed by atoms with E-state index in [9.17, 15) is 0 Å². The Morgan fingerprint density at radius 3 is 2.36 bits per heavy atom. The zero-order valence-corrected chi connectivity index (χ0v) is 14.8. The fourth-order valence-electron chi connectivity index (χ4n) is 2.91. The molecule has 3 aromatic rings. The van der Waals surface area contributed by atoms with Crippen LogP contribution in [0, 0.1) is 13.8 Å². The third-order valence-corrected chi connectivity index (χ3v) is 3.97. The third kappa shape index (κ3) is 4.07. The van der Waals surface area contributed by atoms with Gasteiger partial charge in [0.15, 0.2) is 11.6 Å². The minimum absolute atomic E-state index is 0.542. The number of aryl methyl sites for hydroxylation is 2. The minimum Gasteiger partial charge on any atom is -0.393 e. The van der Waals surface area contributed by atoms with Crippen LogP contribution in [0.25, 0.3) is 0 Å². The highest BCUT2D eigenvalue weighted by atomic mass is 15.2. The normalized spacial score (nSPS) is 10.5. The molecule has 128 valence electrons. The van der Waals surface area contributed by atoms with Crippen molar-refractivity contribution in [3.8, 4) is 0 Å². The van der Waals surface area contributed by atoms with Gasteiger partial charge in [-0.2, -0.15) is 0 Å². The Labute approximate surface area is 148 Å². The molecule has 0 unspecified atom stereocenters. The molecule has 5 heteroatoms. The number of hydrogen-bond acceptors (Lipinski definition) is 5. The van der Waals surface area contributed by atoms with Crippen LogP contribution in [0.15, 0.2) is 54.9 Å². The molecule has 0 aliphatic carbocycles. The van der Waals surface area contributed by atoms with E-state index in [0.717, 1.165) is 12.2 Å². The van der Waals surface area contributed by atoms with Crippen LogP contribution in [0.2, 0.25) is 0 Å². The molecule has 0 saturated heterocycles. The standard InChI is InChI=1S/C20H23N5/c1-14-9-15(2)11-17(10-14)24-19-18(21)20(23-13-22-19)25(3)12-16-7-5-4-6-8-16/h4-11,13H,12,21H2,1-3H3,(H,22,23,24). The van der Waals surface area contributed by atoms with Crippen molar-refractivity contribution in [2.24, 2.45) is 0 Å². The van der Waals surface area contributed by atoms with Gasteiger partial charge in [0.2, 0.25) is 0 Å². The Balaban J connectivity index is 1.84. The molecule has 0 spiro atoms. The first-order valence-electron chi connectivity index (χ1n) is 8.24. The fraction of sp³-hybridized carbons (Fsp3) is 0.200. The Bertz CT molecular complexity index is 841. The molecule has 1 aromatic heterocycles. The highest BCUT2D eigenvalue weighted by Crippen LogP contribution is 2.29. The van der Waals surface area contributed by atoms with Gasteiger partial charge in [0.25, 0.3) is 0 Å². The van der Waals surface area contributed by atoms with Crippen LogP contribution in [-0.2, 0) is 6.54 Å². The number of nitrogen functional groups attached to an aromatic ring is 1. The van der Waals surface area contributed by atoms with Crippen molar-refractivity contribution in [3.05, 3.63) is 71.5 Å². The average molecular weight is 333 g/mol. The maximum absolute atomic E-state index is 6.33. The van der Waals surface area contributed by atoms with Crippen molar-refractivity contribution < 1.29 is 0 Å². The van der Waals surface area contributed by atoms with E-state index in [0.29, 0.717) is 17.3 Å².